The number of nitrogens with one attached hydrogen (secondary N) is 2. The zero-order valence-electron chi connectivity index (χ0n) is 21.1. The molecule has 0 saturated carbocycles. The van der Waals surface area contributed by atoms with Crippen LogP contribution in [-0.4, -0.2) is 80.3 Å². The highest BCUT2D eigenvalue weighted by Crippen LogP contribution is 2.12. The van der Waals surface area contributed by atoms with Gasteiger partial charge in [0.25, 0.3) is 0 Å². The molecule has 0 radical (unpaired) electrons. The largest absolute Gasteiger partial charge is 0.462 e. The number of piperazine rings is 1. The molecule has 0 unspecified atom stereocenters. The smallest absolute Gasteiger partial charge is 0.338 e. The normalized spacial score (nSPS) is 14.2. The van der Waals surface area contributed by atoms with Crippen LogP contribution >= 0.6 is 0 Å². The second-order valence-electron chi connectivity index (χ2n) is 8.57. The number of nitrogens with zero attached hydrogens (tertiary/aromatic N) is 2. The van der Waals surface area contributed by atoms with Gasteiger partial charge in [-0.25, -0.2) is 14.4 Å². The fourth-order valence-corrected chi connectivity index (χ4v) is 3.97. The zero-order valence-corrected chi connectivity index (χ0v) is 21.1. The summed E-state index contributed by atoms with van der Waals surface area (Å²) in [5.74, 6) is -0.659. The Balaban J connectivity index is 1.29. The molecule has 1 fully saturated rings. The van der Waals surface area contributed by atoms with E-state index in [0.717, 1.165) is 45.7 Å². The van der Waals surface area contributed by atoms with E-state index in [0.29, 0.717) is 36.6 Å². The first-order valence-corrected chi connectivity index (χ1v) is 12.5. The maximum atomic E-state index is 12.1. The van der Waals surface area contributed by atoms with Crippen molar-refractivity contribution < 1.29 is 23.9 Å². The summed E-state index contributed by atoms with van der Waals surface area (Å²) in [5.41, 5.74) is 2.84. The molecule has 0 bridgehead atoms. The summed E-state index contributed by atoms with van der Waals surface area (Å²) in [7, 11) is 0. The number of rotatable bonds is 11. The highest BCUT2D eigenvalue weighted by Gasteiger charge is 2.17. The summed E-state index contributed by atoms with van der Waals surface area (Å²) in [6.45, 7) is 10.6. The average molecular weight is 497 g/mol. The molecule has 0 atom stereocenters. The van der Waals surface area contributed by atoms with Gasteiger partial charge in [0.1, 0.15) is 0 Å². The second kappa shape index (κ2) is 14.2. The number of urea groups is 1. The zero-order chi connectivity index (χ0) is 25.8. The molecule has 0 aliphatic carbocycles. The van der Waals surface area contributed by atoms with Crippen LogP contribution in [-0.2, 0) is 16.0 Å². The molecule has 1 aliphatic heterocycles. The van der Waals surface area contributed by atoms with Crippen LogP contribution in [0.1, 0.15) is 46.5 Å². The molecule has 9 nitrogen and oxygen atoms in total. The van der Waals surface area contributed by atoms with E-state index in [4.69, 9.17) is 9.47 Å². The molecule has 0 spiro atoms. The molecule has 1 aliphatic rings. The molecular weight excluding hydrogens is 460 g/mol. The van der Waals surface area contributed by atoms with Crippen LogP contribution < -0.4 is 10.6 Å². The first kappa shape index (κ1) is 27.2. The molecule has 36 heavy (non-hydrogen) atoms. The van der Waals surface area contributed by atoms with Gasteiger partial charge in [0.2, 0.25) is 0 Å². The first-order chi connectivity index (χ1) is 17.5. The van der Waals surface area contributed by atoms with Crippen molar-refractivity contribution in [2.24, 2.45) is 0 Å². The van der Waals surface area contributed by atoms with Crippen LogP contribution in [0.4, 0.5) is 10.5 Å². The van der Waals surface area contributed by atoms with E-state index < -0.39 is 0 Å². The lowest BCUT2D eigenvalue weighted by molar-refractivity contribution is 0.0516. The third kappa shape index (κ3) is 8.66. The van der Waals surface area contributed by atoms with Crippen molar-refractivity contribution in [2.75, 3.05) is 57.8 Å². The lowest BCUT2D eigenvalue weighted by Crippen LogP contribution is -2.46. The van der Waals surface area contributed by atoms with Gasteiger partial charge in [0, 0.05) is 45.0 Å². The first-order valence-electron chi connectivity index (χ1n) is 12.5. The van der Waals surface area contributed by atoms with E-state index in [1.807, 2.05) is 24.3 Å². The van der Waals surface area contributed by atoms with Crippen molar-refractivity contribution in [1.29, 1.82) is 0 Å². The molecule has 194 valence electrons. The molecule has 9 heteroatoms. The fraction of sp³-hybridized carbons (Fsp3) is 0.444. The third-order valence-corrected chi connectivity index (χ3v) is 5.93. The Morgan fingerprint density at radius 2 is 1.31 bits per heavy atom. The maximum absolute atomic E-state index is 12.1. The van der Waals surface area contributed by atoms with E-state index in [2.05, 4.69) is 20.4 Å². The predicted octanol–water partition coefficient (Wildman–Crippen LogP) is 3.37. The van der Waals surface area contributed by atoms with Crippen LogP contribution in [0.15, 0.2) is 48.5 Å². The quantitative estimate of drug-likeness (QED) is 0.363. The molecule has 0 aromatic heterocycles. The standard InChI is InChI=1S/C27H36N4O5/c1-3-35-25(32)22-8-6-21(7-9-22)20-31-18-16-30(17-19-31)15-5-14-28-27(34)29-24-12-10-23(11-13-24)26(33)36-4-2/h6-13H,3-5,14-20H2,1-2H3,(H2,28,29,34). The number of carbonyl (C=O) groups is 3. The van der Waals surface area contributed by atoms with E-state index in [-0.39, 0.29) is 18.0 Å². The Bertz CT molecular complexity index is 986. The molecule has 2 aromatic rings. The molecule has 2 amide bonds. The van der Waals surface area contributed by atoms with E-state index >= 15 is 0 Å². The summed E-state index contributed by atoms with van der Waals surface area (Å²) in [4.78, 5) is 40.4. The fourth-order valence-electron chi connectivity index (χ4n) is 3.97. The Hall–Kier alpha value is -3.43. The van der Waals surface area contributed by atoms with Crippen molar-refractivity contribution in [2.45, 2.75) is 26.8 Å². The number of hydrogen-bond donors (Lipinski definition) is 2. The molecule has 1 saturated heterocycles. The SMILES string of the molecule is CCOC(=O)c1ccc(CN2CCN(CCCNC(=O)Nc3ccc(C(=O)OCC)cc3)CC2)cc1. The number of anilines is 1. The van der Waals surface area contributed by atoms with Gasteiger partial charge < -0.3 is 25.0 Å². The molecule has 2 aromatic carbocycles. The van der Waals surface area contributed by atoms with Gasteiger partial charge in [-0.1, -0.05) is 12.1 Å². The minimum Gasteiger partial charge on any atom is -0.462 e. The topological polar surface area (TPSA) is 100 Å². The van der Waals surface area contributed by atoms with E-state index in [9.17, 15) is 14.4 Å². The van der Waals surface area contributed by atoms with Crippen molar-refractivity contribution in [3.05, 3.63) is 65.2 Å². The van der Waals surface area contributed by atoms with Crippen LogP contribution in [0.25, 0.3) is 0 Å². The summed E-state index contributed by atoms with van der Waals surface area (Å²) in [6, 6.07) is 14.0. The third-order valence-electron chi connectivity index (χ3n) is 5.93. The van der Waals surface area contributed by atoms with Crippen molar-refractivity contribution in [3.8, 4) is 0 Å². The minimum absolute atomic E-state index is 0.266. The Labute approximate surface area is 212 Å². The van der Waals surface area contributed by atoms with Crippen LogP contribution in [0.3, 0.4) is 0 Å². The Morgan fingerprint density at radius 1 is 0.778 bits per heavy atom. The summed E-state index contributed by atoms with van der Waals surface area (Å²) >= 11 is 0. The number of amides is 2. The number of carbonyl (C=O) groups excluding carboxylic acids is 3. The molecule has 2 N–H and O–H groups in total. The van der Waals surface area contributed by atoms with Gasteiger partial charge >= 0.3 is 18.0 Å². The van der Waals surface area contributed by atoms with Gasteiger partial charge in [-0.2, -0.15) is 0 Å². The van der Waals surface area contributed by atoms with E-state index in [1.54, 1.807) is 38.1 Å². The van der Waals surface area contributed by atoms with Gasteiger partial charge in [0.05, 0.1) is 24.3 Å². The molecule has 1 heterocycles. The lowest BCUT2D eigenvalue weighted by Gasteiger charge is -2.34. The van der Waals surface area contributed by atoms with Gasteiger partial charge in [-0.3, -0.25) is 4.90 Å². The van der Waals surface area contributed by atoms with Gasteiger partial charge in [-0.05, 0) is 68.8 Å². The van der Waals surface area contributed by atoms with E-state index in [1.165, 1.54) is 5.56 Å². The monoisotopic (exact) mass is 496 g/mol. The summed E-state index contributed by atoms with van der Waals surface area (Å²) in [5, 5.41) is 5.65. The number of hydrogen-bond acceptors (Lipinski definition) is 7. The summed E-state index contributed by atoms with van der Waals surface area (Å²) in [6.07, 6.45) is 0.866. The van der Waals surface area contributed by atoms with Gasteiger partial charge in [0.15, 0.2) is 0 Å². The number of benzene rings is 2. The van der Waals surface area contributed by atoms with Crippen LogP contribution in [0.5, 0.6) is 0 Å². The number of esters is 2. The van der Waals surface area contributed by atoms with Crippen LogP contribution in [0, 0.1) is 0 Å². The minimum atomic E-state index is -0.376. The lowest BCUT2D eigenvalue weighted by atomic mass is 10.1. The Kier molecular flexibility index (Phi) is 10.7. The van der Waals surface area contributed by atoms with Gasteiger partial charge in [-0.15, -0.1) is 0 Å². The maximum Gasteiger partial charge on any atom is 0.338 e. The summed E-state index contributed by atoms with van der Waals surface area (Å²) < 4.78 is 9.99. The average Bonchev–Trinajstić information content (AvgIpc) is 2.89. The predicted molar refractivity (Wildman–Crippen MR) is 138 cm³/mol. The second-order valence-corrected chi connectivity index (χ2v) is 8.57. The van der Waals surface area contributed by atoms with Crippen molar-refractivity contribution in [3.63, 3.8) is 0 Å². The Morgan fingerprint density at radius 3 is 1.86 bits per heavy atom. The van der Waals surface area contributed by atoms with Crippen molar-refractivity contribution in [1.82, 2.24) is 15.1 Å². The highest BCUT2D eigenvalue weighted by molar-refractivity contribution is 5.92. The highest BCUT2D eigenvalue weighted by atomic mass is 16.5. The van der Waals surface area contributed by atoms with Crippen molar-refractivity contribution >= 4 is 23.7 Å². The molecule has 3 rings (SSSR count). The molecular formula is C27H36N4O5. The number of ether oxygens (including phenoxy) is 2. The van der Waals surface area contributed by atoms with Crippen LogP contribution in [0.2, 0.25) is 0 Å².